The van der Waals surface area contributed by atoms with Crippen LogP contribution < -0.4 is 4.90 Å². The quantitative estimate of drug-likeness (QED) is 0.807. The van der Waals surface area contributed by atoms with E-state index in [0.717, 1.165) is 30.6 Å². The second-order valence-electron chi connectivity index (χ2n) is 5.51. The predicted molar refractivity (Wildman–Crippen MR) is 82.9 cm³/mol. The number of nitrogens with zero attached hydrogens (tertiary/aromatic N) is 4. The summed E-state index contributed by atoms with van der Waals surface area (Å²) in [6.45, 7) is 5.57. The second-order valence-corrected chi connectivity index (χ2v) is 5.51. The van der Waals surface area contributed by atoms with Gasteiger partial charge < -0.3 is 9.64 Å². The Morgan fingerprint density at radius 3 is 2.50 bits per heavy atom. The monoisotopic (exact) mass is 298 g/mol. The molecule has 2 aromatic heterocycles. The van der Waals surface area contributed by atoms with Crippen LogP contribution in [0.3, 0.4) is 0 Å². The molecule has 0 bridgehead atoms. The van der Waals surface area contributed by atoms with E-state index in [0.29, 0.717) is 11.4 Å². The summed E-state index contributed by atoms with van der Waals surface area (Å²) in [5.74, 6) is 0. The molecule has 0 spiro atoms. The van der Waals surface area contributed by atoms with Crippen LogP contribution in [0.15, 0.2) is 30.9 Å². The molecule has 1 aliphatic rings. The van der Waals surface area contributed by atoms with Crippen LogP contribution in [0.5, 0.6) is 0 Å². The van der Waals surface area contributed by atoms with Gasteiger partial charge in [0.1, 0.15) is 12.0 Å². The Morgan fingerprint density at radius 1 is 1.18 bits per heavy atom. The molecule has 0 aromatic carbocycles. The van der Waals surface area contributed by atoms with Crippen molar-refractivity contribution in [2.45, 2.75) is 26.1 Å². The van der Waals surface area contributed by atoms with Crippen LogP contribution in [0, 0.1) is 0 Å². The van der Waals surface area contributed by atoms with Gasteiger partial charge >= 0.3 is 0 Å². The van der Waals surface area contributed by atoms with Crippen LogP contribution in [-0.2, 0) is 4.74 Å². The molecule has 6 heteroatoms. The molecule has 1 fully saturated rings. The summed E-state index contributed by atoms with van der Waals surface area (Å²) in [5, 5.41) is 0. The van der Waals surface area contributed by atoms with Crippen molar-refractivity contribution in [3.8, 4) is 11.3 Å². The van der Waals surface area contributed by atoms with Gasteiger partial charge in [0.25, 0.3) is 0 Å². The maximum atomic E-state index is 11.5. The Hall–Kier alpha value is -2.34. The molecule has 0 N–H and O–H groups in total. The van der Waals surface area contributed by atoms with E-state index in [-0.39, 0.29) is 12.2 Å². The van der Waals surface area contributed by atoms with Crippen LogP contribution in [0.1, 0.15) is 24.3 Å². The van der Waals surface area contributed by atoms with Crippen LogP contribution in [0.4, 0.5) is 5.69 Å². The van der Waals surface area contributed by atoms with Crippen LogP contribution >= 0.6 is 0 Å². The maximum absolute atomic E-state index is 11.5. The fourth-order valence-electron chi connectivity index (χ4n) is 2.79. The number of aldehydes is 1. The molecule has 3 rings (SSSR count). The normalized spacial score (nSPS) is 21.6. The highest BCUT2D eigenvalue weighted by molar-refractivity contribution is 5.83. The molecule has 114 valence electrons. The average Bonchev–Trinajstić information content (AvgIpc) is 2.54. The number of carbonyl (C=O) groups excluding carboxylic acids is 1. The highest BCUT2D eigenvalue weighted by Crippen LogP contribution is 2.25. The van der Waals surface area contributed by atoms with Gasteiger partial charge in [-0.05, 0) is 26.0 Å². The molecule has 0 amide bonds. The third kappa shape index (κ3) is 2.96. The van der Waals surface area contributed by atoms with Gasteiger partial charge in [0.05, 0.1) is 23.6 Å². The molecule has 2 atom stereocenters. The number of carbonyl (C=O) groups is 1. The molecule has 22 heavy (non-hydrogen) atoms. The van der Waals surface area contributed by atoms with Crippen molar-refractivity contribution in [2.24, 2.45) is 0 Å². The first-order valence-corrected chi connectivity index (χ1v) is 7.29. The van der Waals surface area contributed by atoms with E-state index in [4.69, 9.17) is 4.74 Å². The van der Waals surface area contributed by atoms with Crippen molar-refractivity contribution in [3.63, 3.8) is 0 Å². The highest BCUT2D eigenvalue weighted by Gasteiger charge is 2.24. The Labute approximate surface area is 129 Å². The number of hydrogen-bond acceptors (Lipinski definition) is 6. The van der Waals surface area contributed by atoms with Gasteiger partial charge in [-0.15, -0.1) is 0 Å². The third-order valence-corrected chi connectivity index (χ3v) is 3.63. The molecule has 2 aromatic rings. The molecule has 3 heterocycles. The zero-order valence-corrected chi connectivity index (χ0v) is 12.6. The lowest BCUT2D eigenvalue weighted by atomic mass is 10.1. The molecule has 1 saturated heterocycles. The van der Waals surface area contributed by atoms with Gasteiger partial charge in [0.15, 0.2) is 6.29 Å². The minimum absolute atomic E-state index is 0.130. The number of ether oxygens (including phenoxy) is 1. The average molecular weight is 298 g/mol. The predicted octanol–water partition coefficient (Wildman–Crippen LogP) is 1.96. The highest BCUT2D eigenvalue weighted by atomic mass is 16.5. The van der Waals surface area contributed by atoms with Crippen molar-refractivity contribution >= 4 is 12.0 Å². The first-order chi connectivity index (χ1) is 10.7. The minimum atomic E-state index is 0.130. The molecule has 0 aliphatic carbocycles. The number of anilines is 1. The largest absolute Gasteiger partial charge is 0.372 e. The summed E-state index contributed by atoms with van der Waals surface area (Å²) < 4.78 is 5.74. The number of rotatable bonds is 3. The smallest absolute Gasteiger partial charge is 0.170 e. The van der Waals surface area contributed by atoms with E-state index in [2.05, 4.69) is 19.9 Å². The van der Waals surface area contributed by atoms with E-state index in [9.17, 15) is 4.79 Å². The van der Waals surface area contributed by atoms with Crippen LogP contribution in [0.2, 0.25) is 0 Å². The maximum Gasteiger partial charge on any atom is 0.170 e. The molecular weight excluding hydrogens is 280 g/mol. The SMILES string of the molecule is C[C@@H]1CN(c2ccc(-c3cncnc3)nc2C=O)C[C@H](C)O1. The third-order valence-electron chi connectivity index (χ3n) is 3.63. The molecule has 0 unspecified atom stereocenters. The first kappa shape index (κ1) is 14.6. The van der Waals surface area contributed by atoms with Gasteiger partial charge in [-0.1, -0.05) is 0 Å². The molecular formula is C16H18N4O2. The summed E-state index contributed by atoms with van der Waals surface area (Å²) in [6, 6.07) is 3.83. The number of hydrogen-bond donors (Lipinski definition) is 0. The van der Waals surface area contributed by atoms with Crippen molar-refractivity contribution in [3.05, 3.63) is 36.5 Å². The fourth-order valence-corrected chi connectivity index (χ4v) is 2.79. The molecule has 1 aliphatic heterocycles. The van der Waals surface area contributed by atoms with E-state index >= 15 is 0 Å². The Morgan fingerprint density at radius 2 is 1.86 bits per heavy atom. The number of pyridine rings is 1. The van der Waals surface area contributed by atoms with Gasteiger partial charge in [-0.2, -0.15) is 0 Å². The summed E-state index contributed by atoms with van der Waals surface area (Å²) >= 11 is 0. The van der Waals surface area contributed by atoms with Gasteiger partial charge in [-0.3, -0.25) is 4.79 Å². The summed E-state index contributed by atoms with van der Waals surface area (Å²) in [4.78, 5) is 26.0. The lowest BCUT2D eigenvalue weighted by Crippen LogP contribution is -2.45. The van der Waals surface area contributed by atoms with Crippen molar-refractivity contribution in [1.82, 2.24) is 15.0 Å². The van der Waals surface area contributed by atoms with E-state index in [1.54, 1.807) is 12.4 Å². The Kier molecular flexibility index (Phi) is 4.11. The van der Waals surface area contributed by atoms with Crippen molar-refractivity contribution in [2.75, 3.05) is 18.0 Å². The fraction of sp³-hybridized carbons (Fsp3) is 0.375. The summed E-state index contributed by atoms with van der Waals surface area (Å²) in [7, 11) is 0. The zero-order valence-electron chi connectivity index (χ0n) is 12.6. The van der Waals surface area contributed by atoms with E-state index in [1.807, 2.05) is 26.0 Å². The minimum Gasteiger partial charge on any atom is -0.372 e. The lowest BCUT2D eigenvalue weighted by molar-refractivity contribution is -0.00527. The summed E-state index contributed by atoms with van der Waals surface area (Å²) in [5.41, 5.74) is 2.77. The van der Waals surface area contributed by atoms with Crippen molar-refractivity contribution < 1.29 is 9.53 Å². The Bertz CT molecular complexity index is 652. The Balaban J connectivity index is 1.94. The lowest BCUT2D eigenvalue weighted by Gasteiger charge is -2.37. The van der Waals surface area contributed by atoms with Crippen molar-refractivity contribution in [1.29, 1.82) is 0 Å². The van der Waals surface area contributed by atoms with E-state index in [1.165, 1.54) is 6.33 Å². The second kappa shape index (κ2) is 6.19. The number of aromatic nitrogens is 3. The summed E-state index contributed by atoms with van der Waals surface area (Å²) in [6.07, 6.45) is 5.89. The molecule has 0 radical (unpaired) electrons. The number of morpholine rings is 1. The van der Waals surface area contributed by atoms with E-state index < -0.39 is 0 Å². The molecule has 0 saturated carbocycles. The first-order valence-electron chi connectivity index (χ1n) is 7.29. The van der Waals surface area contributed by atoms with Crippen LogP contribution in [0.25, 0.3) is 11.3 Å². The van der Waals surface area contributed by atoms with Gasteiger partial charge in [0, 0.05) is 31.0 Å². The zero-order chi connectivity index (χ0) is 15.5. The standard InChI is InChI=1S/C16H18N4O2/c1-11-7-20(8-12(2)22-11)16-4-3-14(19-15(16)9-21)13-5-17-10-18-6-13/h3-6,9-12H,7-8H2,1-2H3/t11-,12+. The topological polar surface area (TPSA) is 68.2 Å². The van der Waals surface area contributed by atoms with Gasteiger partial charge in [-0.25, -0.2) is 15.0 Å². The molecule has 6 nitrogen and oxygen atoms in total. The van der Waals surface area contributed by atoms with Crippen LogP contribution in [-0.4, -0.2) is 46.5 Å². The van der Waals surface area contributed by atoms with Gasteiger partial charge in [0.2, 0.25) is 0 Å².